The lowest BCUT2D eigenvalue weighted by Crippen LogP contribution is -2.50. The fourth-order valence-electron chi connectivity index (χ4n) is 3.76. The Labute approximate surface area is 145 Å². The van der Waals surface area contributed by atoms with Gasteiger partial charge in [0.25, 0.3) is 0 Å². The van der Waals surface area contributed by atoms with Crippen molar-refractivity contribution in [1.82, 2.24) is 10.2 Å². The Kier molecular flexibility index (Phi) is 5.52. The first-order valence-corrected chi connectivity index (χ1v) is 9.20. The number of piperidine rings is 1. The van der Waals surface area contributed by atoms with E-state index in [1.807, 2.05) is 11.8 Å². The summed E-state index contributed by atoms with van der Waals surface area (Å²) in [4.78, 5) is 14.0. The molecule has 0 aromatic heterocycles. The van der Waals surface area contributed by atoms with Crippen LogP contribution in [0.15, 0.2) is 42.5 Å². The van der Waals surface area contributed by atoms with Crippen LogP contribution in [-0.4, -0.2) is 29.9 Å². The van der Waals surface area contributed by atoms with Gasteiger partial charge in [-0.3, -0.25) is 4.79 Å². The molecule has 24 heavy (non-hydrogen) atoms. The summed E-state index contributed by atoms with van der Waals surface area (Å²) < 4.78 is 0. The molecular formula is C21H28N2O. The molecule has 0 unspecified atom stereocenters. The van der Waals surface area contributed by atoms with Crippen molar-refractivity contribution in [1.29, 1.82) is 0 Å². The van der Waals surface area contributed by atoms with Crippen molar-refractivity contribution in [2.24, 2.45) is 5.92 Å². The third-order valence-corrected chi connectivity index (χ3v) is 5.30. The molecule has 1 amide bonds. The van der Waals surface area contributed by atoms with Crippen LogP contribution in [0, 0.1) is 5.92 Å². The van der Waals surface area contributed by atoms with Crippen molar-refractivity contribution < 1.29 is 4.79 Å². The zero-order chi connectivity index (χ0) is 16.9. The molecule has 0 bridgehead atoms. The summed E-state index contributed by atoms with van der Waals surface area (Å²) in [6.07, 6.45) is 2.78. The van der Waals surface area contributed by atoms with Gasteiger partial charge in [0.1, 0.15) is 0 Å². The van der Waals surface area contributed by atoms with Gasteiger partial charge in [0.15, 0.2) is 0 Å². The van der Waals surface area contributed by atoms with Crippen molar-refractivity contribution >= 4 is 16.7 Å². The van der Waals surface area contributed by atoms with E-state index >= 15 is 0 Å². The summed E-state index contributed by atoms with van der Waals surface area (Å²) in [7, 11) is 0. The molecule has 1 fully saturated rings. The highest BCUT2D eigenvalue weighted by molar-refractivity contribution is 5.83. The van der Waals surface area contributed by atoms with Crippen LogP contribution < -0.4 is 5.32 Å². The summed E-state index contributed by atoms with van der Waals surface area (Å²) in [5.74, 6) is 0.844. The summed E-state index contributed by atoms with van der Waals surface area (Å²) in [6.45, 7) is 6.87. The predicted octanol–water partition coefficient (Wildman–Crippen LogP) is 3.97. The molecule has 2 aromatic carbocycles. The molecule has 0 aliphatic carbocycles. The number of fused-ring (bicyclic) bond motifs is 1. The highest BCUT2D eigenvalue weighted by Crippen LogP contribution is 2.22. The van der Waals surface area contributed by atoms with Gasteiger partial charge >= 0.3 is 0 Å². The zero-order valence-corrected chi connectivity index (χ0v) is 14.8. The minimum atomic E-state index is 0.293. The van der Waals surface area contributed by atoms with Crippen molar-refractivity contribution in [2.45, 2.75) is 45.7 Å². The quantitative estimate of drug-likeness (QED) is 0.902. The first-order valence-electron chi connectivity index (χ1n) is 9.20. The van der Waals surface area contributed by atoms with Crippen molar-refractivity contribution in [2.75, 3.05) is 13.1 Å². The van der Waals surface area contributed by atoms with Crippen LogP contribution in [0.3, 0.4) is 0 Å². The Morgan fingerprint density at radius 1 is 1.17 bits per heavy atom. The molecule has 0 spiro atoms. The van der Waals surface area contributed by atoms with Crippen LogP contribution in [0.4, 0.5) is 0 Å². The van der Waals surface area contributed by atoms with Crippen LogP contribution in [0.2, 0.25) is 0 Å². The summed E-state index contributed by atoms with van der Waals surface area (Å²) in [6, 6.07) is 15.7. The Bertz CT molecular complexity index is 697. The van der Waals surface area contributed by atoms with Gasteiger partial charge in [-0.15, -0.1) is 0 Å². The SMILES string of the molecule is CCC(=O)N1CC[C@H](NCc2ccc3ccccc3c2)[C@@H](CC)C1. The standard InChI is InChI=1S/C21H28N2O/c1-3-17-15-23(21(24)4-2)12-11-20(17)22-14-16-9-10-18-7-5-6-8-19(18)13-16/h5-10,13,17,20,22H,3-4,11-12,14-15H2,1-2H3/t17-,20-/m0/s1. The molecule has 1 aliphatic rings. The third kappa shape index (κ3) is 3.78. The molecule has 2 atom stereocenters. The van der Waals surface area contributed by atoms with Gasteiger partial charge in [-0.05, 0) is 34.7 Å². The molecule has 0 radical (unpaired) electrons. The van der Waals surface area contributed by atoms with E-state index in [9.17, 15) is 4.79 Å². The molecule has 2 aromatic rings. The summed E-state index contributed by atoms with van der Waals surface area (Å²) in [5.41, 5.74) is 1.33. The van der Waals surface area contributed by atoms with E-state index in [1.165, 1.54) is 16.3 Å². The normalized spacial score (nSPS) is 21.2. The second-order valence-electron chi connectivity index (χ2n) is 6.82. The Morgan fingerprint density at radius 3 is 2.71 bits per heavy atom. The lowest BCUT2D eigenvalue weighted by molar-refractivity contribution is -0.133. The molecular weight excluding hydrogens is 296 g/mol. The maximum absolute atomic E-state index is 11.9. The molecule has 1 N–H and O–H groups in total. The number of nitrogens with one attached hydrogen (secondary N) is 1. The number of hydrogen-bond donors (Lipinski definition) is 1. The van der Waals surface area contributed by atoms with E-state index in [2.05, 4.69) is 54.7 Å². The average Bonchev–Trinajstić information content (AvgIpc) is 2.65. The molecule has 128 valence electrons. The number of amides is 1. The Balaban J connectivity index is 1.61. The van der Waals surface area contributed by atoms with Gasteiger partial charge in [-0.25, -0.2) is 0 Å². The fourth-order valence-corrected chi connectivity index (χ4v) is 3.76. The summed E-state index contributed by atoms with van der Waals surface area (Å²) >= 11 is 0. The van der Waals surface area contributed by atoms with Crippen LogP contribution in [-0.2, 0) is 11.3 Å². The molecule has 1 saturated heterocycles. The number of benzene rings is 2. The Morgan fingerprint density at radius 2 is 1.96 bits per heavy atom. The number of nitrogens with zero attached hydrogens (tertiary/aromatic N) is 1. The van der Waals surface area contributed by atoms with Gasteiger partial charge < -0.3 is 10.2 Å². The second-order valence-corrected chi connectivity index (χ2v) is 6.82. The van der Waals surface area contributed by atoms with Crippen molar-refractivity contribution in [3.05, 3.63) is 48.0 Å². The minimum absolute atomic E-state index is 0.293. The Hall–Kier alpha value is -1.87. The number of likely N-dealkylation sites (tertiary alicyclic amines) is 1. The lowest BCUT2D eigenvalue weighted by Gasteiger charge is -2.38. The average molecular weight is 324 g/mol. The summed E-state index contributed by atoms with van der Waals surface area (Å²) in [5, 5.41) is 6.33. The van der Waals surface area contributed by atoms with Gasteiger partial charge in [0, 0.05) is 32.1 Å². The molecule has 3 nitrogen and oxygen atoms in total. The van der Waals surface area contributed by atoms with Gasteiger partial charge in [-0.2, -0.15) is 0 Å². The smallest absolute Gasteiger partial charge is 0.222 e. The van der Waals surface area contributed by atoms with E-state index in [4.69, 9.17) is 0 Å². The zero-order valence-electron chi connectivity index (χ0n) is 14.8. The number of hydrogen-bond acceptors (Lipinski definition) is 2. The van der Waals surface area contributed by atoms with E-state index in [0.717, 1.165) is 32.5 Å². The first-order chi connectivity index (χ1) is 11.7. The van der Waals surface area contributed by atoms with Crippen molar-refractivity contribution in [3.63, 3.8) is 0 Å². The topological polar surface area (TPSA) is 32.3 Å². The molecule has 3 rings (SSSR count). The largest absolute Gasteiger partial charge is 0.342 e. The minimum Gasteiger partial charge on any atom is -0.342 e. The third-order valence-electron chi connectivity index (χ3n) is 5.30. The predicted molar refractivity (Wildman–Crippen MR) is 99.8 cm³/mol. The van der Waals surface area contributed by atoms with E-state index in [1.54, 1.807) is 0 Å². The molecule has 1 aliphatic heterocycles. The van der Waals surface area contributed by atoms with E-state index < -0.39 is 0 Å². The molecule has 0 saturated carbocycles. The van der Waals surface area contributed by atoms with Crippen molar-refractivity contribution in [3.8, 4) is 0 Å². The first kappa shape index (κ1) is 17.0. The maximum atomic E-state index is 11.9. The molecule has 1 heterocycles. The fraction of sp³-hybridized carbons (Fsp3) is 0.476. The number of carbonyl (C=O) groups excluding carboxylic acids is 1. The molecule has 3 heteroatoms. The monoisotopic (exact) mass is 324 g/mol. The highest BCUT2D eigenvalue weighted by atomic mass is 16.2. The van der Waals surface area contributed by atoms with E-state index in [-0.39, 0.29) is 0 Å². The van der Waals surface area contributed by atoms with E-state index in [0.29, 0.717) is 24.3 Å². The van der Waals surface area contributed by atoms with Gasteiger partial charge in [0.05, 0.1) is 0 Å². The number of carbonyl (C=O) groups is 1. The van der Waals surface area contributed by atoms with Gasteiger partial charge in [-0.1, -0.05) is 56.7 Å². The van der Waals surface area contributed by atoms with Crippen LogP contribution in [0.1, 0.15) is 38.7 Å². The van der Waals surface area contributed by atoms with Gasteiger partial charge in [0.2, 0.25) is 5.91 Å². The highest BCUT2D eigenvalue weighted by Gasteiger charge is 2.29. The lowest BCUT2D eigenvalue weighted by atomic mass is 9.89. The second kappa shape index (κ2) is 7.80. The number of rotatable bonds is 5. The van der Waals surface area contributed by atoms with Crippen LogP contribution in [0.25, 0.3) is 10.8 Å². The van der Waals surface area contributed by atoms with Crippen LogP contribution >= 0.6 is 0 Å². The van der Waals surface area contributed by atoms with Crippen LogP contribution in [0.5, 0.6) is 0 Å². The maximum Gasteiger partial charge on any atom is 0.222 e.